The molecule has 5 nitrogen and oxygen atoms in total. The lowest BCUT2D eigenvalue weighted by atomic mass is 10.0. The summed E-state index contributed by atoms with van der Waals surface area (Å²) < 4.78 is 18.4. The third-order valence-corrected chi connectivity index (χ3v) is 2.80. The third-order valence-electron chi connectivity index (χ3n) is 2.80. The molecule has 0 aromatic heterocycles. The van der Waals surface area contributed by atoms with E-state index in [1.165, 1.54) is 20.1 Å². The van der Waals surface area contributed by atoms with Gasteiger partial charge in [0.05, 0.1) is 19.4 Å². The molecule has 0 aliphatic carbocycles. The van der Waals surface area contributed by atoms with Gasteiger partial charge in [0.25, 0.3) is 0 Å². The van der Waals surface area contributed by atoms with Gasteiger partial charge in [-0.3, -0.25) is 4.79 Å². The first-order valence-electron chi connectivity index (χ1n) is 5.91. The first-order valence-corrected chi connectivity index (χ1v) is 5.91. The normalized spacial score (nSPS) is 17.6. The summed E-state index contributed by atoms with van der Waals surface area (Å²) in [6, 6.07) is 4.64. The molecule has 1 unspecified atom stereocenters. The number of nitrogens with one attached hydrogen (secondary N) is 1. The highest BCUT2D eigenvalue weighted by atomic mass is 19.1. The van der Waals surface area contributed by atoms with Gasteiger partial charge < -0.3 is 14.9 Å². The molecule has 0 saturated heterocycles. The molecule has 19 heavy (non-hydrogen) atoms. The molecule has 0 bridgehead atoms. The van der Waals surface area contributed by atoms with Gasteiger partial charge in [-0.1, -0.05) is 5.16 Å². The molecule has 1 aromatic carbocycles. The third kappa shape index (κ3) is 3.21. The van der Waals surface area contributed by atoms with E-state index < -0.39 is 5.82 Å². The zero-order valence-electron chi connectivity index (χ0n) is 10.8. The van der Waals surface area contributed by atoms with Gasteiger partial charge >= 0.3 is 0 Å². The van der Waals surface area contributed by atoms with E-state index in [0.29, 0.717) is 24.2 Å². The van der Waals surface area contributed by atoms with E-state index in [4.69, 9.17) is 9.57 Å². The number of halogens is 1. The number of nitrogens with zero attached hydrogens (tertiary/aromatic N) is 1. The quantitative estimate of drug-likeness (QED) is 0.897. The zero-order chi connectivity index (χ0) is 13.8. The summed E-state index contributed by atoms with van der Waals surface area (Å²) >= 11 is 0. The molecular weight excluding hydrogens is 251 g/mol. The molecule has 0 radical (unpaired) electrons. The van der Waals surface area contributed by atoms with Gasteiger partial charge in [0.2, 0.25) is 5.91 Å². The largest absolute Gasteiger partial charge is 0.494 e. The van der Waals surface area contributed by atoms with Crippen LogP contribution in [-0.2, 0) is 9.63 Å². The van der Waals surface area contributed by atoms with Crippen LogP contribution in [0.25, 0.3) is 0 Å². The van der Waals surface area contributed by atoms with Crippen LogP contribution in [0.15, 0.2) is 23.4 Å². The minimum absolute atomic E-state index is 0.118. The summed E-state index contributed by atoms with van der Waals surface area (Å²) in [5, 5.41) is 6.58. The fourth-order valence-electron chi connectivity index (χ4n) is 1.81. The van der Waals surface area contributed by atoms with Crippen LogP contribution in [0.5, 0.6) is 5.75 Å². The number of benzene rings is 1. The Morgan fingerprint density at radius 1 is 1.63 bits per heavy atom. The molecule has 0 fully saturated rings. The fraction of sp³-hybridized carbons (Fsp3) is 0.385. The van der Waals surface area contributed by atoms with Gasteiger partial charge in [-0.2, -0.15) is 0 Å². The van der Waals surface area contributed by atoms with Crippen LogP contribution >= 0.6 is 0 Å². The van der Waals surface area contributed by atoms with E-state index >= 15 is 0 Å². The van der Waals surface area contributed by atoms with Crippen molar-refractivity contribution in [1.82, 2.24) is 5.32 Å². The van der Waals surface area contributed by atoms with Crippen molar-refractivity contribution < 1.29 is 18.8 Å². The van der Waals surface area contributed by atoms with Crippen molar-refractivity contribution in [2.75, 3.05) is 13.7 Å². The average Bonchev–Trinajstić information content (AvgIpc) is 2.85. The molecule has 1 N–H and O–H groups in total. The molecule has 102 valence electrons. The van der Waals surface area contributed by atoms with Gasteiger partial charge in [-0.25, -0.2) is 4.39 Å². The van der Waals surface area contributed by atoms with Crippen LogP contribution in [0, 0.1) is 5.82 Å². The molecule has 1 aliphatic heterocycles. The molecule has 0 saturated carbocycles. The first kappa shape index (κ1) is 13.3. The summed E-state index contributed by atoms with van der Waals surface area (Å²) in [5.74, 6) is -0.362. The van der Waals surface area contributed by atoms with Crippen LogP contribution < -0.4 is 10.1 Å². The maximum absolute atomic E-state index is 13.6. The average molecular weight is 266 g/mol. The molecule has 2 rings (SSSR count). The summed E-state index contributed by atoms with van der Waals surface area (Å²) in [6.45, 7) is 1.83. The molecule has 1 atom stereocenters. The standard InChI is InChI=1S/C13H15FN2O3/c1-8(17)15-7-10-6-12(16-19-10)9-3-4-13(18-2)11(14)5-9/h3-5,10H,6-7H2,1-2H3,(H,15,17). The lowest BCUT2D eigenvalue weighted by molar-refractivity contribution is -0.119. The van der Waals surface area contributed by atoms with Crippen molar-refractivity contribution >= 4 is 11.6 Å². The first-order chi connectivity index (χ1) is 9.10. The second-order valence-electron chi connectivity index (χ2n) is 4.26. The zero-order valence-corrected chi connectivity index (χ0v) is 10.8. The highest BCUT2D eigenvalue weighted by Gasteiger charge is 2.23. The van der Waals surface area contributed by atoms with E-state index in [0.717, 1.165) is 0 Å². The summed E-state index contributed by atoms with van der Waals surface area (Å²) in [6.07, 6.45) is 0.329. The number of amides is 1. The van der Waals surface area contributed by atoms with E-state index in [9.17, 15) is 9.18 Å². The van der Waals surface area contributed by atoms with Gasteiger partial charge in [0.1, 0.15) is 6.10 Å². The fourth-order valence-corrected chi connectivity index (χ4v) is 1.81. The Morgan fingerprint density at radius 2 is 2.42 bits per heavy atom. The second kappa shape index (κ2) is 5.69. The van der Waals surface area contributed by atoms with Crippen molar-refractivity contribution in [2.24, 2.45) is 5.16 Å². The van der Waals surface area contributed by atoms with Gasteiger partial charge in [-0.15, -0.1) is 0 Å². The van der Waals surface area contributed by atoms with E-state index in [2.05, 4.69) is 10.5 Å². The molecule has 0 spiro atoms. The number of carbonyl (C=O) groups excluding carboxylic acids is 1. The Hall–Kier alpha value is -2.11. The van der Waals surface area contributed by atoms with Gasteiger partial charge in [-0.05, 0) is 18.2 Å². The number of hydrogen-bond acceptors (Lipinski definition) is 4. The number of rotatable bonds is 4. The minimum atomic E-state index is -0.437. The predicted molar refractivity (Wildman–Crippen MR) is 67.7 cm³/mol. The van der Waals surface area contributed by atoms with Crippen molar-refractivity contribution in [3.05, 3.63) is 29.6 Å². The van der Waals surface area contributed by atoms with Crippen LogP contribution in [0.1, 0.15) is 18.9 Å². The Labute approximate surface area is 110 Å². The van der Waals surface area contributed by atoms with Crippen LogP contribution in [-0.4, -0.2) is 31.4 Å². The second-order valence-corrected chi connectivity index (χ2v) is 4.26. The van der Waals surface area contributed by atoms with E-state index in [1.54, 1.807) is 12.1 Å². The highest BCUT2D eigenvalue weighted by molar-refractivity contribution is 6.01. The molecule has 1 amide bonds. The summed E-state index contributed by atoms with van der Waals surface area (Å²) in [7, 11) is 1.41. The van der Waals surface area contributed by atoms with Crippen molar-refractivity contribution in [1.29, 1.82) is 0 Å². The number of ether oxygens (including phenoxy) is 1. The van der Waals surface area contributed by atoms with Gasteiger partial charge in [0, 0.05) is 18.9 Å². The monoisotopic (exact) mass is 266 g/mol. The summed E-state index contributed by atoms with van der Waals surface area (Å²) in [4.78, 5) is 16.0. The Kier molecular flexibility index (Phi) is 3.99. The SMILES string of the molecule is COc1ccc(C2=NOC(CNC(C)=O)C2)cc1F. The Morgan fingerprint density at radius 3 is 3.05 bits per heavy atom. The van der Waals surface area contributed by atoms with Crippen molar-refractivity contribution in [3.63, 3.8) is 0 Å². The maximum Gasteiger partial charge on any atom is 0.217 e. The Bertz CT molecular complexity index is 517. The van der Waals surface area contributed by atoms with Crippen LogP contribution in [0.4, 0.5) is 4.39 Å². The minimum Gasteiger partial charge on any atom is -0.494 e. The lowest BCUT2D eigenvalue weighted by Crippen LogP contribution is -2.30. The topological polar surface area (TPSA) is 59.9 Å². The molecule has 6 heteroatoms. The number of oxime groups is 1. The van der Waals surface area contributed by atoms with E-state index in [-0.39, 0.29) is 17.8 Å². The van der Waals surface area contributed by atoms with E-state index in [1.807, 2.05) is 0 Å². The number of methoxy groups -OCH3 is 1. The lowest BCUT2D eigenvalue weighted by Gasteiger charge is -2.08. The van der Waals surface area contributed by atoms with Crippen LogP contribution in [0.3, 0.4) is 0 Å². The maximum atomic E-state index is 13.6. The number of carbonyl (C=O) groups is 1. The molecular formula is C13H15FN2O3. The highest BCUT2D eigenvalue weighted by Crippen LogP contribution is 2.22. The molecule has 1 aliphatic rings. The van der Waals surface area contributed by atoms with Crippen LogP contribution in [0.2, 0.25) is 0 Å². The smallest absolute Gasteiger partial charge is 0.217 e. The molecule has 1 aromatic rings. The number of hydrogen-bond donors (Lipinski definition) is 1. The summed E-state index contributed by atoms with van der Waals surface area (Å²) in [5.41, 5.74) is 1.32. The van der Waals surface area contributed by atoms with Gasteiger partial charge in [0.15, 0.2) is 11.6 Å². The Balaban J connectivity index is 2.00. The van der Waals surface area contributed by atoms with Crippen molar-refractivity contribution in [3.8, 4) is 5.75 Å². The van der Waals surface area contributed by atoms with Crippen molar-refractivity contribution in [2.45, 2.75) is 19.4 Å². The predicted octanol–water partition coefficient (Wildman–Crippen LogP) is 1.46. The molecule has 1 heterocycles.